The van der Waals surface area contributed by atoms with E-state index in [-0.39, 0.29) is 26.4 Å². The van der Waals surface area contributed by atoms with E-state index in [1.165, 1.54) is 0 Å². The van der Waals surface area contributed by atoms with Crippen molar-refractivity contribution in [1.29, 1.82) is 0 Å². The molecule has 0 aromatic heterocycles. The van der Waals surface area contributed by atoms with Gasteiger partial charge in [-0.1, -0.05) is 275 Å². The predicted molar refractivity (Wildman–Crippen MR) is 517 cm³/mol. The lowest BCUT2D eigenvalue weighted by Gasteiger charge is -2.16. The Morgan fingerprint density at radius 1 is 0.121 bits per heavy atom. The molecule has 0 aliphatic carbocycles. The number of ether oxygens (including phenoxy) is 16. The molecule has 658 valence electrons. The molecule has 0 saturated heterocycles. The van der Waals surface area contributed by atoms with E-state index in [1.54, 1.807) is 0 Å². The van der Waals surface area contributed by atoms with E-state index in [0.717, 1.165) is 75.7 Å². The molecule has 0 unspecified atom stereocenters. The zero-order valence-corrected chi connectivity index (χ0v) is 75.2. The predicted octanol–water partition coefficient (Wildman–Crippen LogP) is 29.3. The van der Waals surface area contributed by atoms with Gasteiger partial charge in [-0.25, -0.2) is 0 Å². The van der Waals surface area contributed by atoms with Crippen molar-refractivity contribution in [3.8, 4) is 115 Å². The van der Waals surface area contributed by atoms with Gasteiger partial charge in [0.1, 0.15) is 194 Å². The highest BCUT2D eigenvalue weighted by Gasteiger charge is 2.19. The first-order valence-corrected chi connectivity index (χ1v) is 44.7. The van der Waals surface area contributed by atoms with E-state index >= 15 is 0 Å². The van der Waals surface area contributed by atoms with Crippen molar-refractivity contribution in [2.24, 2.45) is 0 Å². The number of hydrogen-bond acceptors (Lipinski definition) is 16. The van der Waals surface area contributed by atoms with Crippen LogP contribution >= 0.6 is 31.9 Å². The fraction of sp³-hybridized carbons (Fsp3) is 0.105. The molecule has 0 spiro atoms. The number of hydrogen-bond donors (Lipinski definition) is 0. The molecule has 17 aromatic rings. The van der Waals surface area contributed by atoms with Crippen molar-refractivity contribution in [3.05, 3.63) is 488 Å². The Kier molecular flexibility index (Phi) is 30.5. The van der Waals surface area contributed by atoms with Gasteiger partial charge >= 0.3 is 0 Å². The first-order valence-electron chi connectivity index (χ1n) is 43.1. The van der Waals surface area contributed by atoms with E-state index in [4.69, 9.17) is 75.8 Å². The molecule has 18 heteroatoms. The van der Waals surface area contributed by atoms with Crippen molar-refractivity contribution < 1.29 is 75.8 Å². The van der Waals surface area contributed by atoms with Gasteiger partial charge < -0.3 is 75.8 Å². The van der Waals surface area contributed by atoms with Gasteiger partial charge in [-0.3, -0.25) is 0 Å². The molecule has 16 nitrogen and oxygen atoms in total. The highest BCUT2D eigenvalue weighted by atomic mass is 79.9. The summed E-state index contributed by atoms with van der Waals surface area (Å²) in [5.41, 5.74) is 11.5. The first-order chi connectivity index (χ1) is 65.0. The van der Waals surface area contributed by atoms with E-state index in [1.807, 2.05) is 413 Å². The van der Waals surface area contributed by atoms with Crippen molar-refractivity contribution in [3.63, 3.8) is 0 Å². The molecule has 0 N–H and O–H groups in total. The summed E-state index contributed by atoms with van der Waals surface area (Å²) >= 11 is 7.67. The van der Waals surface area contributed by atoms with Gasteiger partial charge in [0.25, 0.3) is 0 Å². The Balaban J connectivity index is 0.557. The fourth-order valence-corrected chi connectivity index (χ4v) is 15.0. The molecule has 132 heavy (non-hydrogen) atoms. The molecule has 0 atom stereocenters. The Morgan fingerprint density at radius 2 is 0.258 bits per heavy atom. The first kappa shape index (κ1) is 88.5. The standard InChI is InChI=1S/C114H92Br2O16/c115-113-54-92(80-128-96-47-43-94(44-48-96)118-78-90-51-107(131-111-63-101(123-73-85-33-17-5-18-34-85)57-102(64-111)124-74-86-35-19-6-20-36-86)68-108(52-90)132-112-65-103(125-75-87-37-21-7-22-38-87)58-104(66-112)126-76-88-39-23-8-24-40-88)114(116)53-91(113)79-127-95-45-41-93(42-46-95)117-77-89-49-105(129-109-59-97(119-69-81-25-9-1-10-26-81)55-98(60-109)120-70-82-27-11-2-12-28-82)67-106(50-89)130-110-61-99(121-71-83-29-13-3-14-30-83)56-100(62-110)122-72-84-31-15-4-16-32-84/h1-68H,69-80H2. The second-order valence-corrected chi connectivity index (χ2v) is 32.6. The minimum absolute atomic E-state index is 0.145. The van der Waals surface area contributed by atoms with Crippen LogP contribution in [0.2, 0.25) is 0 Å². The van der Waals surface area contributed by atoms with Gasteiger partial charge in [-0.05, 0) is 141 Å². The van der Waals surface area contributed by atoms with E-state index in [2.05, 4.69) is 31.9 Å². The highest BCUT2D eigenvalue weighted by Crippen LogP contribution is 2.42. The van der Waals surface area contributed by atoms with E-state index in [9.17, 15) is 0 Å². The molecule has 0 aliphatic rings. The van der Waals surface area contributed by atoms with Crippen molar-refractivity contribution >= 4 is 31.9 Å². The van der Waals surface area contributed by atoms with Gasteiger partial charge in [0, 0.05) is 105 Å². The molecule has 0 heterocycles. The normalized spacial score (nSPS) is 10.9. The summed E-state index contributed by atoms with van der Waals surface area (Å²) in [6, 6.07) is 133. The van der Waals surface area contributed by atoms with Crippen LogP contribution in [0.4, 0.5) is 0 Å². The molecular weight excluding hydrogens is 1790 g/mol. The SMILES string of the molecule is Brc1cc(COc2ccc(OCc3cc(Oc4cc(OCc5ccccc5)cc(OCc5ccccc5)c4)cc(Oc4cc(OCc5ccccc5)cc(OCc5ccccc5)c4)c3)cc2)c(Br)cc1COc1ccc(OCc2cc(Oc3cc(OCc4ccccc4)cc(OCc4ccccc4)c3)cc(Oc3cc(OCc4ccccc4)cc(OCc4ccccc4)c3)c2)cc1. The molecule has 0 bridgehead atoms. The van der Waals surface area contributed by atoms with Crippen LogP contribution in [0.15, 0.2) is 421 Å². The Bertz CT molecular complexity index is 5580. The lowest BCUT2D eigenvalue weighted by atomic mass is 10.1. The van der Waals surface area contributed by atoms with Crippen LogP contribution < -0.4 is 75.8 Å². The Morgan fingerprint density at radius 3 is 0.439 bits per heavy atom. The summed E-state index contributed by atoms with van der Waals surface area (Å²) < 4.78 is 106. The number of halogens is 2. The van der Waals surface area contributed by atoms with Gasteiger partial charge in [0.15, 0.2) is 0 Å². The Hall–Kier alpha value is -15.5. The van der Waals surface area contributed by atoms with Crippen molar-refractivity contribution in [1.82, 2.24) is 0 Å². The zero-order valence-electron chi connectivity index (χ0n) is 72.0. The molecule has 17 aromatic carbocycles. The summed E-state index contributed by atoms with van der Waals surface area (Å²) in [5.74, 6) is 10.9. The van der Waals surface area contributed by atoms with Crippen molar-refractivity contribution in [2.75, 3.05) is 0 Å². The maximum atomic E-state index is 6.79. The molecule has 0 saturated carbocycles. The van der Waals surface area contributed by atoms with Crippen LogP contribution in [0.1, 0.15) is 66.8 Å². The topological polar surface area (TPSA) is 148 Å². The van der Waals surface area contributed by atoms with Crippen LogP contribution in [0, 0.1) is 0 Å². The van der Waals surface area contributed by atoms with Crippen LogP contribution in [-0.4, -0.2) is 0 Å². The summed E-state index contributed by atoms with van der Waals surface area (Å²) in [6.07, 6.45) is 0. The Labute approximate surface area is 784 Å². The monoisotopic (exact) mass is 1870 g/mol. The molecule has 17 rings (SSSR count). The molecule has 0 aliphatic heterocycles. The number of rotatable bonds is 44. The second kappa shape index (κ2) is 45.5. The summed E-state index contributed by atoms with van der Waals surface area (Å²) in [4.78, 5) is 0. The maximum absolute atomic E-state index is 6.79. The third-order valence-corrected chi connectivity index (χ3v) is 22.2. The fourth-order valence-electron chi connectivity index (χ4n) is 14.0. The third kappa shape index (κ3) is 27.3. The smallest absolute Gasteiger partial charge is 0.134 e. The van der Waals surface area contributed by atoms with Gasteiger partial charge in [0.2, 0.25) is 0 Å². The summed E-state index contributed by atoms with van der Waals surface area (Å²) in [7, 11) is 0. The third-order valence-electron chi connectivity index (χ3n) is 20.7. The minimum Gasteiger partial charge on any atom is -0.489 e. The second-order valence-electron chi connectivity index (χ2n) is 30.9. The lowest BCUT2D eigenvalue weighted by molar-refractivity contribution is 0.286. The average molecular weight is 1880 g/mol. The van der Waals surface area contributed by atoms with Crippen molar-refractivity contribution in [2.45, 2.75) is 79.3 Å². The molecule has 0 fully saturated rings. The van der Waals surface area contributed by atoms with Crippen LogP contribution in [-0.2, 0) is 79.3 Å². The highest BCUT2D eigenvalue weighted by molar-refractivity contribution is 9.11. The zero-order chi connectivity index (χ0) is 89.5. The molecule has 0 amide bonds. The number of benzene rings is 17. The minimum atomic E-state index is 0.145. The maximum Gasteiger partial charge on any atom is 0.134 e. The van der Waals surface area contributed by atoms with Gasteiger partial charge in [-0.15, -0.1) is 0 Å². The summed E-state index contributed by atoms with van der Waals surface area (Å²) in [5, 5.41) is 0. The molecule has 0 radical (unpaired) electrons. The van der Waals surface area contributed by atoms with Crippen LogP contribution in [0.5, 0.6) is 115 Å². The van der Waals surface area contributed by atoms with Crippen LogP contribution in [0.25, 0.3) is 0 Å². The average Bonchev–Trinajstić information content (AvgIpc) is 0.766. The lowest BCUT2D eigenvalue weighted by Crippen LogP contribution is -2.01. The van der Waals surface area contributed by atoms with Gasteiger partial charge in [0.05, 0.1) is 0 Å². The largest absolute Gasteiger partial charge is 0.489 e. The van der Waals surface area contributed by atoms with E-state index in [0.29, 0.717) is 168 Å². The van der Waals surface area contributed by atoms with E-state index < -0.39 is 0 Å². The summed E-state index contributed by atoms with van der Waals surface area (Å²) in [6.45, 7) is 3.54. The van der Waals surface area contributed by atoms with Crippen LogP contribution in [0.3, 0.4) is 0 Å². The molecular formula is C114H92Br2O16. The van der Waals surface area contributed by atoms with Gasteiger partial charge in [-0.2, -0.15) is 0 Å². The quantitative estimate of drug-likeness (QED) is 0.0356.